The summed E-state index contributed by atoms with van der Waals surface area (Å²) < 4.78 is 28.0. The Morgan fingerprint density at radius 3 is 2.45 bits per heavy atom. The molecular formula is C22H17ClN2O2S2. The van der Waals surface area contributed by atoms with Gasteiger partial charge in [0.15, 0.2) is 0 Å². The van der Waals surface area contributed by atoms with E-state index in [1.807, 2.05) is 41.8 Å². The summed E-state index contributed by atoms with van der Waals surface area (Å²) in [7, 11) is -3.63. The maximum Gasteiger partial charge on any atom is 0.240 e. The van der Waals surface area contributed by atoms with Crippen LogP contribution in [0.2, 0.25) is 5.02 Å². The zero-order valence-corrected chi connectivity index (χ0v) is 17.6. The quantitative estimate of drug-likeness (QED) is 0.424. The van der Waals surface area contributed by atoms with Crippen molar-refractivity contribution in [3.8, 4) is 21.6 Å². The number of sulfonamides is 1. The first kappa shape index (κ1) is 19.8. The molecule has 0 fully saturated rings. The highest BCUT2D eigenvalue weighted by atomic mass is 35.5. The van der Waals surface area contributed by atoms with Crippen molar-refractivity contribution >= 4 is 33.0 Å². The lowest BCUT2D eigenvalue weighted by molar-refractivity contribution is 0.581. The van der Waals surface area contributed by atoms with Gasteiger partial charge < -0.3 is 0 Å². The fraction of sp³-hybridized carbons (Fsp3) is 0.0455. The molecule has 29 heavy (non-hydrogen) atoms. The molecule has 0 aliphatic heterocycles. The number of halogens is 1. The van der Waals surface area contributed by atoms with Crippen LogP contribution in [0, 0.1) is 0 Å². The van der Waals surface area contributed by atoms with E-state index in [0.717, 1.165) is 27.1 Å². The SMILES string of the molecule is O=S(=O)(NCc1cncc(-c2cccs2)c1)c1ccc(-c2cccc(Cl)c2)cc1. The summed E-state index contributed by atoms with van der Waals surface area (Å²) in [6.45, 7) is 0.171. The van der Waals surface area contributed by atoms with E-state index in [1.54, 1.807) is 54.1 Å². The van der Waals surface area contributed by atoms with Gasteiger partial charge >= 0.3 is 0 Å². The highest BCUT2D eigenvalue weighted by molar-refractivity contribution is 7.89. The Bertz CT molecular complexity index is 1220. The standard InChI is InChI=1S/C22H17ClN2O2S2/c23-20-4-1-3-18(12-20)17-6-8-21(9-7-17)29(26,27)25-14-16-11-19(15-24-13-16)22-5-2-10-28-22/h1-13,15,25H,14H2. The molecule has 0 atom stereocenters. The van der Waals surface area contributed by atoms with E-state index >= 15 is 0 Å². The van der Waals surface area contributed by atoms with E-state index in [1.165, 1.54) is 0 Å². The largest absolute Gasteiger partial charge is 0.264 e. The van der Waals surface area contributed by atoms with Gasteiger partial charge in [0.25, 0.3) is 0 Å². The van der Waals surface area contributed by atoms with Crippen molar-refractivity contribution < 1.29 is 8.42 Å². The zero-order chi connectivity index (χ0) is 20.3. The molecule has 4 rings (SSSR count). The van der Waals surface area contributed by atoms with Gasteiger partial charge in [-0.1, -0.05) is 41.9 Å². The van der Waals surface area contributed by atoms with E-state index < -0.39 is 10.0 Å². The molecule has 2 heterocycles. The molecule has 2 aromatic carbocycles. The molecule has 0 bridgehead atoms. The number of nitrogens with one attached hydrogen (secondary N) is 1. The molecule has 0 radical (unpaired) electrons. The van der Waals surface area contributed by atoms with Gasteiger partial charge in [-0.05, 0) is 58.5 Å². The number of rotatable bonds is 6. The summed E-state index contributed by atoms with van der Waals surface area (Å²) in [4.78, 5) is 5.54. The second kappa shape index (κ2) is 8.47. The van der Waals surface area contributed by atoms with E-state index in [4.69, 9.17) is 11.6 Å². The molecule has 4 aromatic rings. The van der Waals surface area contributed by atoms with Crippen molar-refractivity contribution in [3.63, 3.8) is 0 Å². The number of hydrogen-bond donors (Lipinski definition) is 1. The van der Waals surface area contributed by atoms with Crippen LogP contribution in [0.25, 0.3) is 21.6 Å². The third-order valence-electron chi connectivity index (χ3n) is 4.39. The molecule has 0 saturated heterocycles. The van der Waals surface area contributed by atoms with Crippen LogP contribution < -0.4 is 4.72 Å². The van der Waals surface area contributed by atoms with Crippen molar-refractivity contribution in [2.45, 2.75) is 11.4 Å². The summed E-state index contributed by atoms with van der Waals surface area (Å²) in [5, 5.41) is 2.64. The molecule has 7 heteroatoms. The first-order valence-corrected chi connectivity index (χ1v) is 11.6. The number of pyridine rings is 1. The fourth-order valence-corrected chi connectivity index (χ4v) is 4.83. The second-order valence-corrected chi connectivity index (χ2v) is 9.57. The van der Waals surface area contributed by atoms with Crippen LogP contribution in [0.3, 0.4) is 0 Å². The number of nitrogens with zero attached hydrogens (tertiary/aromatic N) is 1. The number of thiophene rings is 1. The molecule has 146 valence electrons. The minimum Gasteiger partial charge on any atom is -0.264 e. The van der Waals surface area contributed by atoms with Crippen LogP contribution in [-0.4, -0.2) is 13.4 Å². The molecular weight excluding hydrogens is 424 g/mol. The summed E-state index contributed by atoms with van der Waals surface area (Å²) >= 11 is 7.65. The minimum absolute atomic E-state index is 0.171. The number of benzene rings is 2. The van der Waals surface area contributed by atoms with Crippen LogP contribution in [-0.2, 0) is 16.6 Å². The average molecular weight is 441 g/mol. The Hall–Kier alpha value is -2.51. The Balaban J connectivity index is 1.48. The maximum atomic E-state index is 12.7. The highest BCUT2D eigenvalue weighted by Gasteiger charge is 2.14. The van der Waals surface area contributed by atoms with E-state index in [-0.39, 0.29) is 11.4 Å². The zero-order valence-electron chi connectivity index (χ0n) is 15.2. The monoisotopic (exact) mass is 440 g/mol. The average Bonchev–Trinajstić information content (AvgIpc) is 3.28. The molecule has 2 aromatic heterocycles. The Labute approximate surface area is 178 Å². The molecule has 0 saturated carbocycles. The van der Waals surface area contributed by atoms with Crippen LogP contribution in [0.15, 0.2) is 89.4 Å². The number of aromatic nitrogens is 1. The third kappa shape index (κ3) is 4.74. The lowest BCUT2D eigenvalue weighted by Crippen LogP contribution is -2.23. The van der Waals surface area contributed by atoms with Crippen molar-refractivity contribution in [2.75, 3.05) is 0 Å². The molecule has 0 unspecified atom stereocenters. The maximum absolute atomic E-state index is 12.7. The van der Waals surface area contributed by atoms with Gasteiger partial charge in [-0.25, -0.2) is 13.1 Å². The van der Waals surface area contributed by atoms with Gasteiger partial charge in [0.05, 0.1) is 4.90 Å². The van der Waals surface area contributed by atoms with E-state index in [0.29, 0.717) is 5.02 Å². The summed E-state index contributed by atoms with van der Waals surface area (Å²) in [6.07, 6.45) is 3.44. The molecule has 1 N–H and O–H groups in total. The van der Waals surface area contributed by atoms with Crippen LogP contribution in [0.1, 0.15) is 5.56 Å². The predicted octanol–water partition coefficient (Wildman–Crippen LogP) is 5.61. The molecule has 4 nitrogen and oxygen atoms in total. The van der Waals surface area contributed by atoms with Crippen LogP contribution in [0.5, 0.6) is 0 Å². The smallest absolute Gasteiger partial charge is 0.240 e. The molecule has 0 aliphatic carbocycles. The Morgan fingerprint density at radius 1 is 0.897 bits per heavy atom. The first-order chi connectivity index (χ1) is 14.0. The third-order valence-corrected chi connectivity index (χ3v) is 6.96. The molecule has 0 aliphatic rings. The minimum atomic E-state index is -3.63. The lowest BCUT2D eigenvalue weighted by Gasteiger charge is -2.09. The van der Waals surface area contributed by atoms with Gasteiger partial charge in [-0.15, -0.1) is 11.3 Å². The van der Waals surface area contributed by atoms with Crippen molar-refractivity contribution in [2.24, 2.45) is 0 Å². The van der Waals surface area contributed by atoms with E-state index in [2.05, 4.69) is 9.71 Å². The topological polar surface area (TPSA) is 59.1 Å². The summed E-state index contributed by atoms with van der Waals surface area (Å²) in [5.41, 5.74) is 3.61. The Kier molecular flexibility index (Phi) is 5.78. The van der Waals surface area contributed by atoms with Gasteiger partial charge in [0, 0.05) is 34.4 Å². The summed E-state index contributed by atoms with van der Waals surface area (Å²) in [5.74, 6) is 0. The van der Waals surface area contributed by atoms with Crippen molar-refractivity contribution in [1.82, 2.24) is 9.71 Å². The Morgan fingerprint density at radius 2 is 1.72 bits per heavy atom. The number of hydrogen-bond acceptors (Lipinski definition) is 4. The highest BCUT2D eigenvalue weighted by Crippen LogP contribution is 2.25. The van der Waals surface area contributed by atoms with Crippen molar-refractivity contribution in [1.29, 1.82) is 0 Å². The van der Waals surface area contributed by atoms with E-state index in [9.17, 15) is 8.42 Å². The van der Waals surface area contributed by atoms with Crippen LogP contribution in [0.4, 0.5) is 0 Å². The molecule has 0 spiro atoms. The molecule has 0 amide bonds. The summed E-state index contributed by atoms with van der Waals surface area (Å²) in [6, 6.07) is 20.1. The van der Waals surface area contributed by atoms with Gasteiger partial charge in [0.1, 0.15) is 0 Å². The van der Waals surface area contributed by atoms with Gasteiger partial charge in [-0.3, -0.25) is 4.98 Å². The second-order valence-electron chi connectivity index (χ2n) is 6.42. The van der Waals surface area contributed by atoms with Gasteiger partial charge in [-0.2, -0.15) is 0 Å². The first-order valence-electron chi connectivity index (χ1n) is 8.85. The van der Waals surface area contributed by atoms with Crippen LogP contribution >= 0.6 is 22.9 Å². The van der Waals surface area contributed by atoms with Gasteiger partial charge in [0.2, 0.25) is 10.0 Å². The lowest BCUT2D eigenvalue weighted by atomic mass is 10.1. The normalized spacial score (nSPS) is 11.5. The predicted molar refractivity (Wildman–Crippen MR) is 118 cm³/mol. The van der Waals surface area contributed by atoms with Crippen molar-refractivity contribution in [3.05, 3.63) is 95.1 Å². The fourth-order valence-electron chi connectivity index (χ4n) is 2.92.